The highest BCUT2D eigenvalue weighted by molar-refractivity contribution is 9.10. The van der Waals surface area contributed by atoms with Gasteiger partial charge in [-0.15, -0.1) is 0 Å². The Balaban J connectivity index is 1.91. The van der Waals surface area contributed by atoms with Crippen molar-refractivity contribution in [1.82, 2.24) is 0 Å². The monoisotopic (exact) mass is 470 g/mol. The molecule has 0 spiro atoms. The molecule has 0 N–H and O–H groups in total. The zero-order chi connectivity index (χ0) is 21.3. The second kappa shape index (κ2) is 10.8. The summed E-state index contributed by atoms with van der Waals surface area (Å²) in [6.45, 7) is 2.43. The topological polar surface area (TPSA) is 54.0 Å². The highest BCUT2D eigenvalue weighted by Gasteiger charge is 2.24. The average molecular weight is 471 g/mol. The molecule has 0 fully saturated rings. The maximum atomic E-state index is 12.6. The Morgan fingerprint density at radius 1 is 0.900 bits per heavy atom. The fraction of sp³-hybridized carbons (Fsp3) is 0.208. The molecule has 0 radical (unpaired) electrons. The van der Waals surface area contributed by atoms with Crippen molar-refractivity contribution < 1.29 is 23.7 Å². The van der Waals surface area contributed by atoms with E-state index in [-0.39, 0.29) is 6.79 Å². The number of esters is 1. The lowest BCUT2D eigenvalue weighted by molar-refractivity contribution is -0.0128. The lowest BCUT2D eigenvalue weighted by Crippen LogP contribution is -2.12. The summed E-state index contributed by atoms with van der Waals surface area (Å²) in [4.78, 5) is 12.6. The van der Waals surface area contributed by atoms with Gasteiger partial charge in [-0.25, -0.2) is 4.79 Å². The van der Waals surface area contributed by atoms with Gasteiger partial charge in [0.2, 0.25) is 0 Å². The van der Waals surface area contributed by atoms with Crippen molar-refractivity contribution >= 4 is 21.9 Å². The van der Waals surface area contributed by atoms with Crippen LogP contribution in [0.2, 0.25) is 0 Å². The maximum absolute atomic E-state index is 12.6. The molecule has 0 saturated heterocycles. The number of hydrogen-bond donors (Lipinski definition) is 0. The van der Waals surface area contributed by atoms with E-state index in [1.807, 2.05) is 67.6 Å². The Kier molecular flexibility index (Phi) is 7.88. The van der Waals surface area contributed by atoms with Crippen LogP contribution >= 0.6 is 15.9 Å². The van der Waals surface area contributed by atoms with E-state index in [0.717, 1.165) is 16.7 Å². The Bertz CT molecular complexity index is 974. The number of methoxy groups -OCH3 is 1. The second-order valence-corrected chi connectivity index (χ2v) is 7.43. The van der Waals surface area contributed by atoms with Crippen LogP contribution in [0.1, 0.15) is 27.0 Å². The van der Waals surface area contributed by atoms with Gasteiger partial charge in [-0.2, -0.15) is 0 Å². The largest absolute Gasteiger partial charge is 0.488 e. The van der Waals surface area contributed by atoms with Crippen molar-refractivity contribution in [1.29, 1.82) is 0 Å². The van der Waals surface area contributed by atoms with Gasteiger partial charge in [0, 0.05) is 17.1 Å². The number of halogens is 1. The van der Waals surface area contributed by atoms with Crippen LogP contribution in [-0.2, 0) is 22.7 Å². The van der Waals surface area contributed by atoms with E-state index in [1.54, 1.807) is 6.07 Å². The van der Waals surface area contributed by atoms with Crippen molar-refractivity contribution in [3.8, 4) is 11.5 Å². The molecule has 0 amide bonds. The number of carbonyl (C=O) groups excluding carboxylic acids is 1. The molecule has 3 aromatic carbocycles. The SMILES string of the molecule is COCOC(=O)c1c(Br)cc(OCc2ccccc2)c(C)c1OCc1ccccc1. The minimum absolute atomic E-state index is 0.144. The van der Waals surface area contributed by atoms with Crippen LogP contribution in [0, 0.1) is 6.92 Å². The van der Waals surface area contributed by atoms with Gasteiger partial charge in [-0.1, -0.05) is 60.7 Å². The number of carbonyl (C=O) groups is 1. The van der Waals surface area contributed by atoms with Gasteiger partial charge in [0.25, 0.3) is 0 Å². The van der Waals surface area contributed by atoms with Crippen molar-refractivity contribution in [2.24, 2.45) is 0 Å². The number of rotatable bonds is 9. The van der Waals surface area contributed by atoms with Gasteiger partial charge >= 0.3 is 5.97 Å². The predicted octanol–water partition coefficient (Wildman–Crippen LogP) is 5.68. The van der Waals surface area contributed by atoms with Crippen molar-refractivity contribution in [2.75, 3.05) is 13.9 Å². The fourth-order valence-corrected chi connectivity index (χ4v) is 3.42. The molecule has 0 aliphatic rings. The Labute approximate surface area is 184 Å². The number of hydrogen-bond acceptors (Lipinski definition) is 5. The Morgan fingerprint density at radius 3 is 2.03 bits per heavy atom. The number of benzene rings is 3. The molecule has 30 heavy (non-hydrogen) atoms. The highest BCUT2D eigenvalue weighted by atomic mass is 79.9. The van der Waals surface area contributed by atoms with Crippen molar-refractivity contribution in [2.45, 2.75) is 20.1 Å². The molecule has 0 aliphatic heterocycles. The minimum atomic E-state index is -0.538. The molecule has 0 saturated carbocycles. The van der Waals surface area contributed by atoms with E-state index in [1.165, 1.54) is 7.11 Å². The first-order valence-electron chi connectivity index (χ1n) is 9.42. The van der Waals surface area contributed by atoms with E-state index in [9.17, 15) is 4.79 Å². The van der Waals surface area contributed by atoms with E-state index >= 15 is 0 Å². The molecule has 3 rings (SSSR count). The smallest absolute Gasteiger partial charge is 0.345 e. The molecule has 0 aromatic heterocycles. The van der Waals surface area contributed by atoms with Crippen LogP contribution in [0.5, 0.6) is 11.5 Å². The molecular weight excluding hydrogens is 448 g/mol. The summed E-state index contributed by atoms with van der Waals surface area (Å²) in [6.07, 6.45) is 0. The molecule has 156 valence electrons. The second-order valence-electron chi connectivity index (χ2n) is 6.57. The van der Waals surface area contributed by atoms with Crippen LogP contribution < -0.4 is 9.47 Å². The van der Waals surface area contributed by atoms with E-state index in [2.05, 4.69) is 15.9 Å². The summed E-state index contributed by atoms with van der Waals surface area (Å²) < 4.78 is 22.7. The lowest BCUT2D eigenvalue weighted by Gasteiger charge is -2.19. The molecule has 0 unspecified atom stereocenters. The molecular formula is C24H23BrO5. The highest BCUT2D eigenvalue weighted by Crippen LogP contribution is 2.38. The maximum Gasteiger partial charge on any atom is 0.345 e. The van der Waals surface area contributed by atoms with E-state index in [4.69, 9.17) is 18.9 Å². The van der Waals surface area contributed by atoms with Crippen LogP contribution in [-0.4, -0.2) is 19.9 Å². The zero-order valence-corrected chi connectivity index (χ0v) is 18.5. The lowest BCUT2D eigenvalue weighted by atomic mass is 10.1. The summed E-state index contributed by atoms with van der Waals surface area (Å²) >= 11 is 3.48. The first-order chi connectivity index (χ1) is 14.6. The average Bonchev–Trinajstić information content (AvgIpc) is 2.78. The zero-order valence-electron chi connectivity index (χ0n) is 16.9. The van der Waals surface area contributed by atoms with Crippen LogP contribution in [0.15, 0.2) is 71.2 Å². The Morgan fingerprint density at radius 2 is 1.47 bits per heavy atom. The van der Waals surface area contributed by atoms with Crippen LogP contribution in [0.4, 0.5) is 0 Å². The summed E-state index contributed by atoms with van der Waals surface area (Å²) in [5.41, 5.74) is 3.05. The van der Waals surface area contributed by atoms with Crippen molar-refractivity contribution in [3.63, 3.8) is 0 Å². The van der Waals surface area contributed by atoms with Gasteiger partial charge in [0.15, 0.2) is 6.79 Å². The quantitative estimate of drug-likeness (QED) is 0.297. The Hall–Kier alpha value is -2.83. The van der Waals surface area contributed by atoms with Gasteiger partial charge < -0.3 is 18.9 Å². The van der Waals surface area contributed by atoms with Crippen LogP contribution in [0.25, 0.3) is 0 Å². The van der Waals surface area contributed by atoms with Gasteiger partial charge in [0.05, 0.1) is 0 Å². The van der Waals surface area contributed by atoms with Crippen LogP contribution in [0.3, 0.4) is 0 Å². The summed E-state index contributed by atoms with van der Waals surface area (Å²) in [5.74, 6) is 0.499. The molecule has 0 atom stereocenters. The normalized spacial score (nSPS) is 10.5. The standard InChI is InChI=1S/C24H23BrO5/c1-17-21(28-14-18-9-5-3-6-10-18)13-20(25)22(24(26)30-16-27-2)23(17)29-15-19-11-7-4-8-12-19/h3-13H,14-16H2,1-2H3. The third kappa shape index (κ3) is 5.62. The predicted molar refractivity (Wildman–Crippen MR) is 118 cm³/mol. The first-order valence-corrected chi connectivity index (χ1v) is 10.2. The molecule has 0 aliphatic carbocycles. The molecule has 5 nitrogen and oxygen atoms in total. The van der Waals surface area contributed by atoms with Gasteiger partial charge in [0.1, 0.15) is 30.3 Å². The first kappa shape index (κ1) is 21.9. The molecule has 6 heteroatoms. The van der Waals surface area contributed by atoms with E-state index in [0.29, 0.717) is 34.7 Å². The van der Waals surface area contributed by atoms with E-state index < -0.39 is 5.97 Å². The summed E-state index contributed by atoms with van der Waals surface area (Å²) in [5, 5.41) is 0. The summed E-state index contributed by atoms with van der Waals surface area (Å²) in [7, 11) is 1.46. The third-order valence-electron chi connectivity index (χ3n) is 4.41. The number of ether oxygens (including phenoxy) is 4. The minimum Gasteiger partial charge on any atom is -0.488 e. The third-order valence-corrected chi connectivity index (χ3v) is 5.03. The molecule has 0 bridgehead atoms. The molecule has 0 heterocycles. The van der Waals surface area contributed by atoms with Gasteiger partial charge in [-0.3, -0.25) is 0 Å². The van der Waals surface area contributed by atoms with Gasteiger partial charge in [-0.05, 0) is 40.0 Å². The van der Waals surface area contributed by atoms with Crippen molar-refractivity contribution in [3.05, 3.63) is 93.5 Å². The molecule has 3 aromatic rings. The fourth-order valence-electron chi connectivity index (χ4n) is 2.87. The summed E-state index contributed by atoms with van der Waals surface area (Å²) in [6, 6.07) is 21.4.